The first-order chi connectivity index (χ1) is 9.97. The van der Waals surface area contributed by atoms with Crippen molar-refractivity contribution in [2.75, 3.05) is 5.32 Å². The van der Waals surface area contributed by atoms with E-state index in [1.54, 1.807) is 36.0 Å². The predicted molar refractivity (Wildman–Crippen MR) is 79.7 cm³/mol. The molecule has 0 aliphatic rings. The summed E-state index contributed by atoms with van der Waals surface area (Å²) in [6.45, 7) is 3.72. The number of hydrogen-bond donors (Lipinski definition) is 2. The van der Waals surface area contributed by atoms with Crippen molar-refractivity contribution in [2.45, 2.75) is 19.9 Å². The second kappa shape index (κ2) is 6.17. The molecule has 2 aromatic rings. The maximum absolute atomic E-state index is 12.3. The minimum Gasteiger partial charge on any atom is -0.365 e. The quantitative estimate of drug-likeness (QED) is 0.836. The topological polar surface area (TPSA) is 76.1 Å². The lowest BCUT2D eigenvalue weighted by Gasteiger charge is -2.09. The Hall–Kier alpha value is -2.69. The third-order valence-electron chi connectivity index (χ3n) is 3.22. The SMILES string of the molecule is Cc1cccc(NC(=O)[C@@H](C)[n+]2cccc(C(N)=O)c2)c1. The molecule has 0 radical (unpaired) electrons. The van der Waals surface area contributed by atoms with Crippen LogP contribution >= 0.6 is 0 Å². The van der Waals surface area contributed by atoms with Gasteiger partial charge in [0.25, 0.3) is 11.8 Å². The number of amides is 2. The van der Waals surface area contributed by atoms with Crippen LogP contribution in [0.25, 0.3) is 0 Å². The molecule has 0 aliphatic carbocycles. The molecule has 0 spiro atoms. The van der Waals surface area contributed by atoms with Crippen molar-refractivity contribution < 1.29 is 14.2 Å². The number of aromatic nitrogens is 1. The number of primary amides is 1. The van der Waals surface area contributed by atoms with E-state index in [4.69, 9.17) is 5.73 Å². The maximum atomic E-state index is 12.3. The monoisotopic (exact) mass is 284 g/mol. The molecule has 0 saturated carbocycles. The summed E-state index contributed by atoms with van der Waals surface area (Å²) in [5.74, 6) is -0.678. The maximum Gasteiger partial charge on any atom is 0.293 e. The Morgan fingerprint density at radius 2 is 2.00 bits per heavy atom. The van der Waals surface area contributed by atoms with Crippen LogP contribution in [0.5, 0.6) is 0 Å². The molecule has 2 rings (SSSR count). The molecule has 0 aliphatic heterocycles. The Balaban J connectivity index is 2.15. The number of carbonyl (C=O) groups is 2. The van der Waals surface area contributed by atoms with Crippen LogP contribution in [0.15, 0.2) is 48.8 Å². The average Bonchev–Trinajstić information content (AvgIpc) is 2.46. The number of nitrogens with one attached hydrogen (secondary N) is 1. The highest BCUT2D eigenvalue weighted by Gasteiger charge is 2.22. The molecule has 2 amide bonds. The largest absolute Gasteiger partial charge is 0.365 e. The molecule has 21 heavy (non-hydrogen) atoms. The van der Waals surface area contributed by atoms with Gasteiger partial charge in [0.15, 0.2) is 12.4 Å². The summed E-state index contributed by atoms with van der Waals surface area (Å²) in [7, 11) is 0. The van der Waals surface area contributed by atoms with Crippen molar-refractivity contribution in [3.05, 3.63) is 59.9 Å². The Kier molecular flexibility index (Phi) is 4.33. The van der Waals surface area contributed by atoms with Gasteiger partial charge in [-0.2, -0.15) is 4.57 Å². The smallest absolute Gasteiger partial charge is 0.293 e. The van der Waals surface area contributed by atoms with Crippen LogP contribution in [0.3, 0.4) is 0 Å². The average molecular weight is 284 g/mol. The van der Waals surface area contributed by atoms with Crippen LogP contribution in [0.2, 0.25) is 0 Å². The van der Waals surface area contributed by atoms with Gasteiger partial charge in [-0.15, -0.1) is 0 Å². The van der Waals surface area contributed by atoms with E-state index in [0.29, 0.717) is 5.56 Å². The lowest BCUT2D eigenvalue weighted by Crippen LogP contribution is -2.44. The van der Waals surface area contributed by atoms with Crippen LogP contribution < -0.4 is 15.6 Å². The van der Waals surface area contributed by atoms with Crippen LogP contribution in [-0.2, 0) is 4.79 Å². The Morgan fingerprint density at radius 1 is 1.24 bits per heavy atom. The zero-order valence-electron chi connectivity index (χ0n) is 12.0. The summed E-state index contributed by atoms with van der Waals surface area (Å²) in [5.41, 5.74) is 7.44. The summed E-state index contributed by atoms with van der Waals surface area (Å²) in [4.78, 5) is 23.4. The normalized spacial score (nSPS) is 11.7. The number of benzene rings is 1. The van der Waals surface area contributed by atoms with Gasteiger partial charge in [-0.3, -0.25) is 9.59 Å². The third-order valence-corrected chi connectivity index (χ3v) is 3.22. The fraction of sp³-hybridized carbons (Fsp3) is 0.188. The number of pyridine rings is 1. The van der Waals surface area contributed by atoms with E-state index in [1.165, 1.54) is 0 Å². The number of anilines is 1. The van der Waals surface area contributed by atoms with Crippen LogP contribution in [0.1, 0.15) is 28.9 Å². The second-order valence-electron chi connectivity index (χ2n) is 4.94. The Morgan fingerprint density at radius 3 is 2.67 bits per heavy atom. The van der Waals surface area contributed by atoms with Gasteiger partial charge in [0, 0.05) is 18.7 Å². The van der Waals surface area contributed by atoms with Gasteiger partial charge in [-0.1, -0.05) is 12.1 Å². The van der Waals surface area contributed by atoms with E-state index >= 15 is 0 Å². The predicted octanol–water partition coefficient (Wildman–Crippen LogP) is 1.58. The van der Waals surface area contributed by atoms with Crippen molar-refractivity contribution in [2.24, 2.45) is 5.73 Å². The summed E-state index contributed by atoms with van der Waals surface area (Å²) < 4.78 is 1.66. The molecule has 5 heteroatoms. The first-order valence-corrected chi connectivity index (χ1v) is 6.65. The Bertz CT molecular complexity index is 683. The summed E-state index contributed by atoms with van der Waals surface area (Å²) >= 11 is 0. The van der Waals surface area contributed by atoms with Crippen molar-refractivity contribution in [3.63, 3.8) is 0 Å². The first-order valence-electron chi connectivity index (χ1n) is 6.65. The molecule has 0 fully saturated rings. The van der Waals surface area contributed by atoms with E-state index in [9.17, 15) is 9.59 Å². The molecule has 0 unspecified atom stereocenters. The zero-order valence-corrected chi connectivity index (χ0v) is 12.0. The van der Waals surface area contributed by atoms with E-state index in [2.05, 4.69) is 5.32 Å². The standard InChI is InChI=1S/C16H17N3O2/c1-11-5-3-7-14(9-11)18-16(21)12(2)19-8-4-6-13(10-19)15(17)20/h3-10,12H,1-2H3,(H2-,17,18,20,21)/p+1/t12-/m1/s1. The van der Waals surface area contributed by atoms with E-state index in [0.717, 1.165) is 11.3 Å². The van der Waals surface area contributed by atoms with Crippen molar-refractivity contribution in [1.82, 2.24) is 0 Å². The van der Waals surface area contributed by atoms with Crippen molar-refractivity contribution in [1.29, 1.82) is 0 Å². The molecule has 1 atom stereocenters. The van der Waals surface area contributed by atoms with Gasteiger partial charge in [0.05, 0.1) is 0 Å². The second-order valence-corrected chi connectivity index (χ2v) is 4.94. The number of nitrogens with zero attached hydrogens (tertiary/aromatic N) is 1. The van der Waals surface area contributed by atoms with E-state index in [-0.39, 0.29) is 5.91 Å². The summed E-state index contributed by atoms with van der Waals surface area (Å²) in [6, 6.07) is 10.4. The molecule has 3 N–H and O–H groups in total. The summed E-state index contributed by atoms with van der Waals surface area (Å²) in [5, 5.41) is 2.85. The number of carbonyl (C=O) groups excluding carboxylic acids is 2. The molecule has 108 valence electrons. The van der Waals surface area contributed by atoms with E-state index < -0.39 is 11.9 Å². The van der Waals surface area contributed by atoms with Gasteiger partial charge in [0.2, 0.25) is 6.04 Å². The number of rotatable bonds is 4. The zero-order chi connectivity index (χ0) is 15.4. The molecular weight excluding hydrogens is 266 g/mol. The highest BCUT2D eigenvalue weighted by atomic mass is 16.2. The molecule has 1 heterocycles. The minimum atomic E-state index is -0.518. The lowest BCUT2D eigenvalue weighted by molar-refractivity contribution is -0.705. The van der Waals surface area contributed by atoms with Gasteiger partial charge in [-0.05, 0) is 30.7 Å². The molecule has 0 bridgehead atoms. The van der Waals surface area contributed by atoms with Gasteiger partial charge in [0.1, 0.15) is 5.56 Å². The van der Waals surface area contributed by atoms with Crippen molar-refractivity contribution in [3.8, 4) is 0 Å². The van der Waals surface area contributed by atoms with Crippen molar-refractivity contribution >= 4 is 17.5 Å². The molecular formula is C16H18N3O2+. The molecule has 0 saturated heterocycles. The third kappa shape index (κ3) is 3.66. The van der Waals surface area contributed by atoms with Gasteiger partial charge < -0.3 is 11.1 Å². The molecule has 1 aromatic heterocycles. The summed E-state index contributed by atoms with van der Waals surface area (Å²) in [6.07, 6.45) is 3.30. The molecule has 5 nitrogen and oxygen atoms in total. The minimum absolute atomic E-state index is 0.160. The number of nitrogens with two attached hydrogens (primary N) is 1. The number of hydrogen-bond acceptors (Lipinski definition) is 2. The number of aryl methyl sites for hydroxylation is 1. The molecule has 1 aromatic carbocycles. The van der Waals surface area contributed by atoms with Crippen LogP contribution in [0, 0.1) is 6.92 Å². The van der Waals surface area contributed by atoms with Gasteiger partial charge >= 0.3 is 0 Å². The fourth-order valence-corrected chi connectivity index (χ4v) is 1.98. The Labute approximate surface area is 123 Å². The fourth-order valence-electron chi connectivity index (χ4n) is 1.98. The first kappa shape index (κ1) is 14.7. The van der Waals surface area contributed by atoms with Crippen LogP contribution in [0.4, 0.5) is 5.69 Å². The van der Waals surface area contributed by atoms with E-state index in [1.807, 2.05) is 31.2 Å². The lowest BCUT2D eigenvalue weighted by atomic mass is 10.2. The van der Waals surface area contributed by atoms with Gasteiger partial charge in [-0.25, -0.2) is 0 Å². The van der Waals surface area contributed by atoms with Crippen LogP contribution in [-0.4, -0.2) is 11.8 Å². The highest BCUT2D eigenvalue weighted by Crippen LogP contribution is 2.11. The highest BCUT2D eigenvalue weighted by molar-refractivity contribution is 5.93.